The van der Waals surface area contributed by atoms with Crippen LogP contribution in [-0.2, 0) is 0 Å². The zero-order valence-corrected chi connectivity index (χ0v) is 13.2. The molecule has 2 nitrogen and oxygen atoms in total. The van der Waals surface area contributed by atoms with Gasteiger partial charge in [0.1, 0.15) is 11.9 Å². The van der Waals surface area contributed by atoms with E-state index in [1.807, 2.05) is 24.3 Å². The van der Waals surface area contributed by atoms with E-state index in [-0.39, 0.29) is 12.1 Å². The smallest absolute Gasteiger partial charge is 0.143 e. The molecule has 2 unspecified atom stereocenters. The van der Waals surface area contributed by atoms with Crippen molar-refractivity contribution in [1.29, 1.82) is 0 Å². The SMILES string of the molecule is CCCNC1c2cc(-c3ccccc3)cc(Cl)c2OC1C. The Labute approximate surface area is 131 Å². The molecule has 2 aromatic rings. The maximum Gasteiger partial charge on any atom is 0.143 e. The predicted octanol–water partition coefficient (Wildman–Crippen LogP) is 4.83. The third-order valence-electron chi connectivity index (χ3n) is 3.90. The van der Waals surface area contributed by atoms with E-state index >= 15 is 0 Å². The van der Waals surface area contributed by atoms with E-state index in [0.717, 1.165) is 24.3 Å². The molecule has 0 aromatic heterocycles. The first kappa shape index (κ1) is 14.4. The fourth-order valence-corrected chi connectivity index (χ4v) is 3.12. The topological polar surface area (TPSA) is 21.3 Å². The van der Waals surface area contributed by atoms with Crippen LogP contribution in [0.2, 0.25) is 5.02 Å². The first-order valence-corrected chi connectivity index (χ1v) is 7.87. The number of hydrogen-bond donors (Lipinski definition) is 1. The lowest BCUT2D eigenvalue weighted by Gasteiger charge is -2.16. The van der Waals surface area contributed by atoms with Crippen molar-refractivity contribution in [1.82, 2.24) is 5.32 Å². The van der Waals surface area contributed by atoms with Crippen molar-refractivity contribution in [2.24, 2.45) is 0 Å². The number of ether oxygens (including phenoxy) is 1. The monoisotopic (exact) mass is 301 g/mol. The average Bonchev–Trinajstić information content (AvgIpc) is 2.82. The van der Waals surface area contributed by atoms with Gasteiger partial charge in [0, 0.05) is 5.56 Å². The zero-order chi connectivity index (χ0) is 14.8. The van der Waals surface area contributed by atoms with E-state index in [1.54, 1.807) is 0 Å². The molecule has 110 valence electrons. The Morgan fingerprint density at radius 2 is 1.90 bits per heavy atom. The van der Waals surface area contributed by atoms with Gasteiger partial charge < -0.3 is 10.1 Å². The van der Waals surface area contributed by atoms with Crippen molar-refractivity contribution in [3.63, 3.8) is 0 Å². The van der Waals surface area contributed by atoms with E-state index in [0.29, 0.717) is 5.02 Å². The molecule has 0 saturated heterocycles. The van der Waals surface area contributed by atoms with Gasteiger partial charge in [-0.15, -0.1) is 0 Å². The summed E-state index contributed by atoms with van der Waals surface area (Å²) in [7, 11) is 0. The molecule has 1 aliphatic heterocycles. The van der Waals surface area contributed by atoms with Crippen molar-refractivity contribution in [2.75, 3.05) is 6.54 Å². The highest BCUT2D eigenvalue weighted by Gasteiger charge is 2.32. The maximum atomic E-state index is 6.44. The molecule has 1 heterocycles. The standard InChI is InChI=1S/C18H20ClNO/c1-3-9-20-17-12(2)21-18-15(17)10-14(11-16(18)19)13-7-5-4-6-8-13/h4-8,10-12,17,20H,3,9H2,1-2H3. The summed E-state index contributed by atoms with van der Waals surface area (Å²) in [5.41, 5.74) is 3.48. The Morgan fingerprint density at radius 1 is 1.14 bits per heavy atom. The summed E-state index contributed by atoms with van der Waals surface area (Å²) < 4.78 is 5.94. The van der Waals surface area contributed by atoms with Gasteiger partial charge in [-0.05, 0) is 43.1 Å². The Bertz CT molecular complexity index is 627. The molecule has 2 atom stereocenters. The number of halogens is 1. The molecule has 2 aromatic carbocycles. The first-order chi connectivity index (χ1) is 10.2. The summed E-state index contributed by atoms with van der Waals surface area (Å²) >= 11 is 6.44. The lowest BCUT2D eigenvalue weighted by atomic mass is 9.98. The minimum absolute atomic E-state index is 0.107. The van der Waals surface area contributed by atoms with Crippen LogP contribution < -0.4 is 10.1 Å². The lowest BCUT2D eigenvalue weighted by molar-refractivity contribution is 0.210. The number of nitrogens with one attached hydrogen (secondary N) is 1. The molecular weight excluding hydrogens is 282 g/mol. The second-order valence-corrected chi connectivity index (χ2v) is 5.90. The van der Waals surface area contributed by atoms with Gasteiger partial charge in [-0.1, -0.05) is 48.9 Å². The highest BCUT2D eigenvalue weighted by Crippen LogP contribution is 2.44. The molecule has 0 saturated carbocycles. The fraction of sp³-hybridized carbons (Fsp3) is 0.333. The van der Waals surface area contributed by atoms with Crippen molar-refractivity contribution in [3.05, 3.63) is 53.1 Å². The summed E-state index contributed by atoms with van der Waals surface area (Å²) in [6.07, 6.45) is 1.21. The van der Waals surface area contributed by atoms with Crippen molar-refractivity contribution in [2.45, 2.75) is 32.4 Å². The lowest BCUT2D eigenvalue weighted by Crippen LogP contribution is -2.29. The molecule has 0 fully saturated rings. The Kier molecular flexibility index (Phi) is 4.18. The van der Waals surface area contributed by atoms with Crippen LogP contribution in [0, 0.1) is 0 Å². The van der Waals surface area contributed by atoms with Gasteiger partial charge in [-0.25, -0.2) is 0 Å². The molecule has 21 heavy (non-hydrogen) atoms. The molecule has 3 heteroatoms. The van der Waals surface area contributed by atoms with Crippen LogP contribution in [0.1, 0.15) is 31.9 Å². The van der Waals surface area contributed by atoms with Gasteiger partial charge in [-0.3, -0.25) is 0 Å². The Balaban J connectivity index is 2.02. The van der Waals surface area contributed by atoms with E-state index in [4.69, 9.17) is 16.3 Å². The van der Waals surface area contributed by atoms with Crippen molar-refractivity contribution < 1.29 is 4.74 Å². The average molecular weight is 302 g/mol. The summed E-state index contributed by atoms with van der Waals surface area (Å²) in [5, 5.41) is 4.25. The molecule has 1 N–H and O–H groups in total. The van der Waals surface area contributed by atoms with Gasteiger partial charge in [-0.2, -0.15) is 0 Å². The van der Waals surface area contributed by atoms with E-state index in [9.17, 15) is 0 Å². The molecule has 0 spiro atoms. The predicted molar refractivity (Wildman–Crippen MR) is 88.0 cm³/mol. The van der Waals surface area contributed by atoms with E-state index < -0.39 is 0 Å². The highest BCUT2D eigenvalue weighted by atomic mass is 35.5. The second kappa shape index (κ2) is 6.08. The van der Waals surface area contributed by atoms with Crippen molar-refractivity contribution in [3.8, 4) is 16.9 Å². The molecule has 0 bridgehead atoms. The number of rotatable bonds is 4. The summed E-state index contributed by atoms with van der Waals surface area (Å²) in [6.45, 7) is 5.23. The van der Waals surface area contributed by atoms with Crippen LogP contribution in [0.25, 0.3) is 11.1 Å². The third kappa shape index (κ3) is 2.78. The van der Waals surface area contributed by atoms with Crippen LogP contribution in [0.5, 0.6) is 5.75 Å². The normalized spacial score (nSPS) is 20.1. The largest absolute Gasteiger partial charge is 0.487 e. The minimum Gasteiger partial charge on any atom is -0.487 e. The quantitative estimate of drug-likeness (QED) is 0.873. The molecular formula is C18H20ClNO. The Hall–Kier alpha value is -1.51. The molecule has 1 aliphatic rings. The fourth-order valence-electron chi connectivity index (χ4n) is 2.85. The van der Waals surface area contributed by atoms with Gasteiger partial charge >= 0.3 is 0 Å². The van der Waals surface area contributed by atoms with E-state index in [1.165, 1.54) is 11.1 Å². The highest BCUT2D eigenvalue weighted by molar-refractivity contribution is 6.32. The summed E-state index contributed by atoms with van der Waals surface area (Å²) in [6, 6.07) is 14.7. The second-order valence-electron chi connectivity index (χ2n) is 5.50. The van der Waals surface area contributed by atoms with E-state index in [2.05, 4.69) is 37.4 Å². The number of hydrogen-bond acceptors (Lipinski definition) is 2. The van der Waals surface area contributed by atoms with Crippen molar-refractivity contribution >= 4 is 11.6 Å². The number of benzene rings is 2. The number of fused-ring (bicyclic) bond motifs is 1. The van der Waals surface area contributed by atoms with Gasteiger partial charge in [0.15, 0.2) is 0 Å². The first-order valence-electron chi connectivity index (χ1n) is 7.49. The van der Waals surface area contributed by atoms with Gasteiger partial charge in [0.05, 0.1) is 11.1 Å². The zero-order valence-electron chi connectivity index (χ0n) is 12.4. The maximum absolute atomic E-state index is 6.44. The van der Waals surface area contributed by atoms with Crippen LogP contribution in [0.4, 0.5) is 0 Å². The summed E-state index contributed by atoms with van der Waals surface area (Å²) in [5.74, 6) is 0.831. The van der Waals surface area contributed by atoms with Crippen LogP contribution in [0.15, 0.2) is 42.5 Å². The van der Waals surface area contributed by atoms with Gasteiger partial charge in [0.2, 0.25) is 0 Å². The minimum atomic E-state index is 0.107. The molecule has 0 radical (unpaired) electrons. The third-order valence-corrected chi connectivity index (χ3v) is 4.18. The van der Waals surface area contributed by atoms with Crippen LogP contribution in [-0.4, -0.2) is 12.6 Å². The molecule has 3 rings (SSSR count). The van der Waals surface area contributed by atoms with Gasteiger partial charge in [0.25, 0.3) is 0 Å². The molecule has 0 aliphatic carbocycles. The molecule has 0 amide bonds. The van der Waals surface area contributed by atoms with Crippen LogP contribution >= 0.6 is 11.6 Å². The Morgan fingerprint density at radius 3 is 2.62 bits per heavy atom. The van der Waals surface area contributed by atoms with Crippen LogP contribution in [0.3, 0.4) is 0 Å². The summed E-state index contributed by atoms with van der Waals surface area (Å²) in [4.78, 5) is 0.